The molecular weight excluding hydrogens is 576 g/mol. The highest BCUT2D eigenvalue weighted by Gasteiger charge is 2.32. The lowest BCUT2D eigenvalue weighted by Gasteiger charge is -2.36. The minimum atomic E-state index is -1.18. The molecule has 0 bridgehead atoms. The predicted octanol–water partition coefficient (Wildman–Crippen LogP) is 3.92. The summed E-state index contributed by atoms with van der Waals surface area (Å²) in [5.41, 5.74) is 0.764. The van der Waals surface area contributed by atoms with Crippen LogP contribution >= 0.6 is 24.4 Å². The molecule has 3 aromatic heterocycles. The molecule has 1 aliphatic heterocycles. The van der Waals surface area contributed by atoms with Crippen molar-refractivity contribution >= 4 is 24.4 Å². The number of nitrogens with one attached hydrogen (secondary N) is 2. The summed E-state index contributed by atoms with van der Waals surface area (Å²) >= 11 is 10.4. The number of hydrogen-bond acceptors (Lipinski definition) is 9. The van der Waals surface area contributed by atoms with E-state index in [9.17, 15) is 19.8 Å². The Labute approximate surface area is 251 Å². The molecule has 1 fully saturated rings. The zero-order chi connectivity index (χ0) is 30.1. The van der Waals surface area contributed by atoms with Crippen LogP contribution < -0.4 is 15.9 Å². The van der Waals surface area contributed by atoms with Gasteiger partial charge >= 0.3 is 0 Å². The Hall–Kier alpha value is -4.07. The normalized spacial score (nSPS) is 15.7. The van der Waals surface area contributed by atoms with Gasteiger partial charge in [0.25, 0.3) is 11.1 Å². The van der Waals surface area contributed by atoms with E-state index in [1.807, 2.05) is 18.3 Å². The van der Waals surface area contributed by atoms with Crippen LogP contribution in [-0.2, 0) is 20.6 Å². The first-order valence-corrected chi connectivity index (χ1v) is 14.3. The average Bonchev–Trinajstić information content (AvgIpc) is 2.98. The topological polar surface area (TPSA) is 141 Å². The van der Waals surface area contributed by atoms with Crippen LogP contribution in [0, 0.1) is 9.54 Å². The van der Waals surface area contributed by atoms with Gasteiger partial charge in [0.1, 0.15) is 5.75 Å². The van der Waals surface area contributed by atoms with E-state index >= 15 is 0 Å². The fraction of sp³-hybridized carbons (Fsp3) is 0.345. The molecule has 1 aromatic carbocycles. The summed E-state index contributed by atoms with van der Waals surface area (Å²) in [6, 6.07) is 9.50. The molecular formula is C29H32N6O5S2. The van der Waals surface area contributed by atoms with Gasteiger partial charge in [-0.25, -0.2) is 0 Å². The van der Waals surface area contributed by atoms with E-state index in [-0.39, 0.29) is 26.7 Å². The highest BCUT2D eigenvalue weighted by atomic mass is 32.1. The standard InChI is InChI=1S/C29H32N6O5S2/c1-33-26(38)22(24(36)31-28(33)41)21(23-25(37)32-29(42)34(2)27(23)39)16-9-10-20(40-3)18(13-16)15-35-12-5-4-8-19(35)17-7-6-11-30-14-17/h6-7,9-11,13-14,19,21,38-39H,4-5,8,12,15H2,1-3H3,(H,31,36,41)(H,32,37,42)/t19-/m1/s1. The molecule has 4 N–H and O–H groups in total. The first-order chi connectivity index (χ1) is 20.1. The Morgan fingerprint density at radius 1 is 1.02 bits per heavy atom. The van der Waals surface area contributed by atoms with E-state index in [4.69, 9.17) is 29.2 Å². The summed E-state index contributed by atoms with van der Waals surface area (Å²) in [6.07, 6.45) is 6.78. The Balaban J connectivity index is 1.71. The SMILES string of the molecule is COc1ccc(C(c2c(O)n(C)c(=S)[nH]c2=O)c2c(O)n(C)c(=S)[nH]c2=O)cc1CN1CCCC[C@@H]1c1cccnc1. The molecule has 0 saturated carbocycles. The van der Waals surface area contributed by atoms with Gasteiger partial charge < -0.3 is 14.9 Å². The van der Waals surface area contributed by atoms with E-state index in [1.54, 1.807) is 25.4 Å². The lowest BCUT2D eigenvalue weighted by Crippen LogP contribution is -2.33. The van der Waals surface area contributed by atoms with E-state index in [1.165, 1.54) is 23.2 Å². The van der Waals surface area contributed by atoms with Crippen molar-refractivity contribution in [3.8, 4) is 17.5 Å². The number of H-pyrrole nitrogens is 2. The van der Waals surface area contributed by atoms with Crippen LogP contribution in [0.1, 0.15) is 59.0 Å². The number of aromatic nitrogens is 5. The predicted molar refractivity (Wildman–Crippen MR) is 162 cm³/mol. The van der Waals surface area contributed by atoms with Crippen LogP contribution in [-0.4, -0.2) is 52.9 Å². The molecule has 0 spiro atoms. The van der Waals surface area contributed by atoms with Crippen LogP contribution in [0.3, 0.4) is 0 Å². The van der Waals surface area contributed by atoms with Gasteiger partial charge in [0, 0.05) is 44.6 Å². The van der Waals surface area contributed by atoms with E-state index in [0.29, 0.717) is 17.9 Å². The van der Waals surface area contributed by atoms with Crippen molar-refractivity contribution in [2.45, 2.75) is 37.8 Å². The number of benzene rings is 1. The average molecular weight is 609 g/mol. The summed E-state index contributed by atoms with van der Waals surface area (Å²) in [6.45, 7) is 1.38. The van der Waals surface area contributed by atoms with Crippen molar-refractivity contribution in [2.75, 3.05) is 13.7 Å². The summed E-state index contributed by atoms with van der Waals surface area (Å²) in [5, 5.41) is 22.3. The minimum absolute atomic E-state index is 0.00607. The lowest BCUT2D eigenvalue weighted by molar-refractivity contribution is 0.139. The van der Waals surface area contributed by atoms with Crippen molar-refractivity contribution in [1.82, 2.24) is 29.0 Å². The second-order valence-corrected chi connectivity index (χ2v) is 11.2. The van der Waals surface area contributed by atoms with Crippen LogP contribution in [0.2, 0.25) is 0 Å². The number of hydrogen-bond donors (Lipinski definition) is 4. The number of ether oxygens (including phenoxy) is 1. The number of aromatic hydroxyl groups is 2. The first-order valence-electron chi connectivity index (χ1n) is 13.5. The third kappa shape index (κ3) is 5.42. The highest BCUT2D eigenvalue weighted by molar-refractivity contribution is 7.71. The van der Waals surface area contributed by atoms with Gasteiger partial charge in [0.15, 0.2) is 9.54 Å². The third-order valence-corrected chi connectivity index (χ3v) is 8.68. The smallest absolute Gasteiger partial charge is 0.259 e. The molecule has 11 nitrogen and oxygen atoms in total. The molecule has 5 rings (SSSR count). The molecule has 1 saturated heterocycles. The zero-order valence-corrected chi connectivity index (χ0v) is 25.1. The number of piperidine rings is 1. The van der Waals surface area contributed by atoms with Crippen molar-refractivity contribution in [3.05, 3.63) is 101 Å². The molecule has 4 aromatic rings. The third-order valence-electron chi connectivity index (χ3n) is 7.93. The Morgan fingerprint density at radius 3 is 2.24 bits per heavy atom. The molecule has 0 amide bonds. The number of aromatic amines is 2. The molecule has 4 heterocycles. The van der Waals surface area contributed by atoms with Crippen molar-refractivity contribution in [2.24, 2.45) is 14.1 Å². The van der Waals surface area contributed by atoms with Crippen molar-refractivity contribution < 1.29 is 14.9 Å². The van der Waals surface area contributed by atoms with Crippen LogP contribution in [0.25, 0.3) is 0 Å². The van der Waals surface area contributed by atoms with Gasteiger partial charge in [-0.2, -0.15) is 0 Å². The fourth-order valence-corrected chi connectivity index (χ4v) is 6.06. The lowest BCUT2D eigenvalue weighted by atomic mass is 9.85. The van der Waals surface area contributed by atoms with Crippen LogP contribution in [0.4, 0.5) is 0 Å². The fourth-order valence-electron chi connectivity index (χ4n) is 5.70. The van der Waals surface area contributed by atoms with E-state index in [0.717, 1.165) is 36.9 Å². The first kappa shape index (κ1) is 29.4. The van der Waals surface area contributed by atoms with Gasteiger partial charge in [-0.1, -0.05) is 18.6 Å². The Kier molecular flexibility index (Phi) is 8.43. The largest absolute Gasteiger partial charge is 0.496 e. The number of likely N-dealkylation sites (tertiary alicyclic amines) is 1. The molecule has 0 aliphatic carbocycles. The Bertz CT molecular complexity index is 1780. The quantitative estimate of drug-likeness (QED) is 0.230. The molecule has 42 heavy (non-hydrogen) atoms. The summed E-state index contributed by atoms with van der Waals surface area (Å²) in [4.78, 5) is 38.5. The highest BCUT2D eigenvalue weighted by Crippen LogP contribution is 2.39. The second kappa shape index (κ2) is 12.0. The van der Waals surface area contributed by atoms with Gasteiger partial charge in [0.05, 0.1) is 24.2 Å². The molecule has 220 valence electrons. The summed E-state index contributed by atoms with van der Waals surface area (Å²) in [7, 11) is 4.58. The van der Waals surface area contributed by atoms with Crippen LogP contribution in [0.5, 0.6) is 17.5 Å². The number of rotatable bonds is 7. The second-order valence-electron chi connectivity index (χ2n) is 10.4. The Morgan fingerprint density at radius 2 is 1.67 bits per heavy atom. The molecule has 1 aliphatic rings. The summed E-state index contributed by atoms with van der Waals surface area (Å²) in [5.74, 6) is -1.41. The molecule has 1 atom stereocenters. The molecule has 0 radical (unpaired) electrons. The van der Waals surface area contributed by atoms with Gasteiger partial charge in [-0.3, -0.25) is 38.6 Å². The van der Waals surface area contributed by atoms with E-state index in [2.05, 4.69) is 25.9 Å². The molecule has 13 heteroatoms. The monoisotopic (exact) mass is 608 g/mol. The van der Waals surface area contributed by atoms with Crippen molar-refractivity contribution in [1.29, 1.82) is 0 Å². The minimum Gasteiger partial charge on any atom is -0.496 e. The van der Waals surface area contributed by atoms with Gasteiger partial charge in [-0.15, -0.1) is 0 Å². The van der Waals surface area contributed by atoms with E-state index < -0.39 is 28.8 Å². The summed E-state index contributed by atoms with van der Waals surface area (Å²) < 4.78 is 8.22. The maximum Gasteiger partial charge on any atom is 0.259 e. The molecule has 0 unspecified atom stereocenters. The number of pyridine rings is 1. The van der Waals surface area contributed by atoms with Crippen LogP contribution in [0.15, 0.2) is 52.3 Å². The number of nitrogens with zero attached hydrogens (tertiary/aromatic N) is 4. The maximum absolute atomic E-state index is 13.3. The number of methoxy groups -OCH3 is 1. The van der Waals surface area contributed by atoms with Gasteiger partial charge in [0.2, 0.25) is 11.8 Å². The maximum atomic E-state index is 13.3. The van der Waals surface area contributed by atoms with Crippen molar-refractivity contribution in [3.63, 3.8) is 0 Å². The zero-order valence-electron chi connectivity index (χ0n) is 23.5. The van der Waals surface area contributed by atoms with Gasteiger partial charge in [-0.05, 0) is 73.1 Å².